The number of fused-ring (bicyclic) bond motifs is 5. The van der Waals surface area contributed by atoms with Crippen LogP contribution in [-0.4, -0.2) is 19.4 Å². The molecule has 0 fully saturated rings. The third kappa shape index (κ3) is 1.22. The van der Waals surface area contributed by atoms with Crippen molar-refractivity contribution in [1.82, 2.24) is 19.4 Å². The van der Waals surface area contributed by atoms with Crippen LogP contribution in [0.3, 0.4) is 0 Å². The van der Waals surface area contributed by atoms with Gasteiger partial charge in [0.1, 0.15) is 5.52 Å². The Morgan fingerprint density at radius 1 is 1.06 bits per heavy atom. The first kappa shape index (κ1) is 9.96. The van der Waals surface area contributed by atoms with Crippen LogP contribution in [0.25, 0.3) is 27.6 Å². The lowest BCUT2D eigenvalue weighted by Gasteiger charge is -2.06. The lowest BCUT2D eigenvalue weighted by molar-refractivity contribution is 1.18. The Hall–Kier alpha value is -2.01. The van der Waals surface area contributed by atoms with Gasteiger partial charge in [-0.15, -0.1) is 0 Å². The van der Waals surface area contributed by atoms with Crippen molar-refractivity contribution >= 4 is 43.5 Å². The van der Waals surface area contributed by atoms with E-state index in [0.717, 1.165) is 32.1 Å². The van der Waals surface area contributed by atoms with Crippen LogP contribution in [0.5, 0.6) is 0 Å². The second-order valence-corrected chi connectivity index (χ2v) is 4.90. The molecule has 0 aliphatic heterocycles. The van der Waals surface area contributed by atoms with E-state index in [4.69, 9.17) is 0 Å². The molecule has 1 aromatic carbocycles. The summed E-state index contributed by atoms with van der Waals surface area (Å²) in [6, 6.07) is 6.07. The van der Waals surface area contributed by atoms with Gasteiger partial charge < -0.3 is 0 Å². The Balaban J connectivity index is 2.42. The standard InChI is InChI=1S/C13H7BrN4/c14-9-3-1-2-8-6-16-13-12(11(8)9)18-5-4-15-10(18)7-17-13/h1-7H. The fourth-order valence-electron chi connectivity index (χ4n) is 2.24. The summed E-state index contributed by atoms with van der Waals surface area (Å²) in [5.41, 5.74) is 2.53. The van der Waals surface area contributed by atoms with Gasteiger partial charge in [0.05, 0.1) is 6.20 Å². The van der Waals surface area contributed by atoms with E-state index in [-0.39, 0.29) is 0 Å². The lowest BCUT2D eigenvalue weighted by Crippen LogP contribution is -1.94. The van der Waals surface area contributed by atoms with E-state index < -0.39 is 0 Å². The third-order valence-electron chi connectivity index (χ3n) is 3.03. The molecule has 0 bridgehead atoms. The predicted molar refractivity (Wildman–Crippen MR) is 73.5 cm³/mol. The van der Waals surface area contributed by atoms with E-state index in [2.05, 4.69) is 30.9 Å². The fraction of sp³-hybridized carbons (Fsp3) is 0. The molecular weight excluding hydrogens is 292 g/mol. The van der Waals surface area contributed by atoms with Crippen molar-refractivity contribution in [2.75, 3.05) is 0 Å². The highest BCUT2D eigenvalue weighted by molar-refractivity contribution is 9.10. The summed E-state index contributed by atoms with van der Waals surface area (Å²) >= 11 is 3.60. The molecular formula is C13H7BrN4. The van der Waals surface area contributed by atoms with E-state index in [1.165, 1.54) is 0 Å². The van der Waals surface area contributed by atoms with Gasteiger partial charge in [-0.3, -0.25) is 4.40 Å². The maximum absolute atomic E-state index is 4.40. The molecule has 0 saturated carbocycles. The molecule has 3 aromatic heterocycles. The van der Waals surface area contributed by atoms with E-state index in [0.29, 0.717) is 0 Å². The molecule has 0 saturated heterocycles. The number of pyridine rings is 1. The number of halogens is 1. The van der Waals surface area contributed by atoms with Gasteiger partial charge in [0.25, 0.3) is 0 Å². The van der Waals surface area contributed by atoms with Gasteiger partial charge in [-0.05, 0) is 6.07 Å². The van der Waals surface area contributed by atoms with Gasteiger partial charge in [0.2, 0.25) is 0 Å². The van der Waals surface area contributed by atoms with Crippen molar-refractivity contribution in [2.24, 2.45) is 0 Å². The molecule has 0 spiro atoms. The van der Waals surface area contributed by atoms with Crippen molar-refractivity contribution in [3.63, 3.8) is 0 Å². The smallest absolute Gasteiger partial charge is 0.177 e. The van der Waals surface area contributed by atoms with Crippen molar-refractivity contribution in [2.45, 2.75) is 0 Å². The van der Waals surface area contributed by atoms with E-state index >= 15 is 0 Å². The Morgan fingerprint density at radius 3 is 2.89 bits per heavy atom. The minimum atomic E-state index is 0.722. The first-order valence-corrected chi connectivity index (χ1v) is 6.29. The van der Waals surface area contributed by atoms with Crippen LogP contribution in [0.2, 0.25) is 0 Å². The summed E-state index contributed by atoms with van der Waals surface area (Å²) in [4.78, 5) is 13.0. The minimum Gasteiger partial charge on any atom is -0.295 e. The summed E-state index contributed by atoms with van der Waals surface area (Å²) in [7, 11) is 0. The van der Waals surface area contributed by atoms with Gasteiger partial charge >= 0.3 is 0 Å². The molecule has 3 heterocycles. The zero-order valence-electron chi connectivity index (χ0n) is 9.21. The van der Waals surface area contributed by atoms with E-state index in [9.17, 15) is 0 Å². The van der Waals surface area contributed by atoms with Crippen molar-refractivity contribution in [1.29, 1.82) is 0 Å². The fourth-order valence-corrected chi connectivity index (χ4v) is 2.81. The molecule has 0 unspecified atom stereocenters. The molecule has 0 amide bonds. The summed E-state index contributed by atoms with van der Waals surface area (Å²) in [5, 5.41) is 2.19. The topological polar surface area (TPSA) is 43.1 Å². The monoisotopic (exact) mass is 298 g/mol. The van der Waals surface area contributed by atoms with Crippen LogP contribution in [0.15, 0.2) is 47.5 Å². The summed E-state index contributed by atoms with van der Waals surface area (Å²) in [5.74, 6) is 0. The molecule has 0 radical (unpaired) electrons. The minimum absolute atomic E-state index is 0.722. The molecule has 4 nitrogen and oxygen atoms in total. The number of aromatic nitrogens is 4. The molecule has 86 valence electrons. The van der Waals surface area contributed by atoms with Crippen LogP contribution in [0.1, 0.15) is 0 Å². The average Bonchev–Trinajstić information content (AvgIpc) is 2.86. The SMILES string of the molecule is Brc1cccc2cnc3ncc4nccn4c3c12. The number of hydrogen-bond donors (Lipinski definition) is 0. The highest BCUT2D eigenvalue weighted by Gasteiger charge is 2.09. The van der Waals surface area contributed by atoms with Gasteiger partial charge in [0, 0.05) is 33.8 Å². The average molecular weight is 299 g/mol. The summed E-state index contributed by atoms with van der Waals surface area (Å²) in [6.07, 6.45) is 7.28. The second kappa shape index (κ2) is 3.49. The Labute approximate surface area is 110 Å². The first-order chi connectivity index (χ1) is 8.84. The van der Waals surface area contributed by atoms with Crippen LogP contribution < -0.4 is 0 Å². The molecule has 5 heteroatoms. The van der Waals surface area contributed by atoms with Gasteiger partial charge in [0.15, 0.2) is 11.3 Å². The largest absolute Gasteiger partial charge is 0.295 e. The molecule has 0 aliphatic rings. The van der Waals surface area contributed by atoms with E-state index in [1.807, 2.05) is 35.0 Å². The Bertz CT molecular complexity index is 897. The third-order valence-corrected chi connectivity index (χ3v) is 3.69. The predicted octanol–water partition coefficient (Wildman–Crippen LogP) is 3.19. The number of hydrogen-bond acceptors (Lipinski definition) is 3. The van der Waals surface area contributed by atoms with Crippen molar-refractivity contribution in [3.05, 3.63) is 47.5 Å². The van der Waals surface area contributed by atoms with Gasteiger partial charge in [-0.1, -0.05) is 28.1 Å². The van der Waals surface area contributed by atoms with Crippen molar-refractivity contribution in [3.8, 4) is 0 Å². The number of rotatable bonds is 0. The maximum atomic E-state index is 4.40. The summed E-state index contributed by atoms with van der Waals surface area (Å²) < 4.78 is 3.05. The van der Waals surface area contributed by atoms with Crippen LogP contribution in [0.4, 0.5) is 0 Å². The van der Waals surface area contributed by atoms with Gasteiger partial charge in [-0.2, -0.15) is 0 Å². The second-order valence-electron chi connectivity index (χ2n) is 4.05. The molecule has 4 aromatic rings. The normalized spacial score (nSPS) is 11.6. The molecule has 4 rings (SSSR count). The molecule has 0 N–H and O–H groups in total. The number of imidazole rings is 1. The highest BCUT2D eigenvalue weighted by Crippen LogP contribution is 2.29. The molecule has 0 atom stereocenters. The van der Waals surface area contributed by atoms with Crippen molar-refractivity contribution < 1.29 is 0 Å². The number of benzene rings is 1. The Kier molecular flexibility index (Phi) is 1.93. The highest BCUT2D eigenvalue weighted by atomic mass is 79.9. The lowest BCUT2D eigenvalue weighted by atomic mass is 10.1. The van der Waals surface area contributed by atoms with Crippen LogP contribution in [-0.2, 0) is 0 Å². The first-order valence-electron chi connectivity index (χ1n) is 5.49. The number of nitrogens with zero attached hydrogens (tertiary/aromatic N) is 4. The van der Waals surface area contributed by atoms with Gasteiger partial charge in [-0.25, -0.2) is 15.0 Å². The maximum Gasteiger partial charge on any atom is 0.177 e. The van der Waals surface area contributed by atoms with E-state index in [1.54, 1.807) is 12.4 Å². The quantitative estimate of drug-likeness (QED) is 0.468. The molecule has 18 heavy (non-hydrogen) atoms. The zero-order valence-corrected chi connectivity index (χ0v) is 10.8. The molecule has 0 aliphatic carbocycles. The van der Waals surface area contributed by atoms with Crippen LogP contribution >= 0.6 is 15.9 Å². The Morgan fingerprint density at radius 2 is 1.94 bits per heavy atom. The zero-order chi connectivity index (χ0) is 12.1. The van der Waals surface area contributed by atoms with Crippen LogP contribution in [0, 0.1) is 0 Å². The summed E-state index contributed by atoms with van der Waals surface area (Å²) in [6.45, 7) is 0.